The van der Waals surface area contributed by atoms with Gasteiger partial charge >= 0.3 is 6.18 Å². The normalized spacial score (nSPS) is 12.6. The van der Waals surface area contributed by atoms with E-state index in [0.717, 1.165) is 17.7 Å². The van der Waals surface area contributed by atoms with Crippen LogP contribution in [0.25, 0.3) is 0 Å². The molecule has 3 N–H and O–H groups in total. The average molecular weight is 350 g/mol. The molecule has 3 nitrogen and oxygen atoms in total. The third-order valence-corrected chi connectivity index (χ3v) is 4.03. The summed E-state index contributed by atoms with van der Waals surface area (Å²) in [5, 5.41) is 2.80. The van der Waals surface area contributed by atoms with Gasteiger partial charge in [0.05, 0.1) is 11.5 Å². The Labute approximate surface area is 145 Å². The quantitative estimate of drug-likeness (QED) is 0.770. The van der Waals surface area contributed by atoms with Crippen molar-refractivity contribution in [3.8, 4) is 0 Å². The zero-order chi connectivity index (χ0) is 18.4. The predicted octanol–water partition coefficient (Wildman–Crippen LogP) is 4.14. The number of alkyl halides is 3. The maximum atomic E-state index is 12.8. The number of benzene rings is 2. The molecule has 0 aromatic heterocycles. The van der Waals surface area contributed by atoms with Gasteiger partial charge in [0.25, 0.3) is 0 Å². The van der Waals surface area contributed by atoms with E-state index in [9.17, 15) is 18.0 Å². The molecule has 0 radical (unpaired) electrons. The van der Waals surface area contributed by atoms with Crippen LogP contribution in [0.2, 0.25) is 0 Å². The van der Waals surface area contributed by atoms with Crippen LogP contribution in [0.3, 0.4) is 0 Å². The van der Waals surface area contributed by atoms with Crippen molar-refractivity contribution in [2.75, 3.05) is 12.3 Å². The minimum Gasteiger partial charge on any atom is -0.399 e. The number of hydrogen-bond donors (Lipinski definition) is 2. The molecule has 25 heavy (non-hydrogen) atoms. The number of rotatable bonds is 6. The van der Waals surface area contributed by atoms with Gasteiger partial charge in [0.2, 0.25) is 5.91 Å². The van der Waals surface area contributed by atoms with Crippen molar-refractivity contribution in [2.45, 2.75) is 31.9 Å². The smallest absolute Gasteiger partial charge is 0.399 e. The third-order valence-electron chi connectivity index (χ3n) is 4.03. The van der Waals surface area contributed by atoms with E-state index < -0.39 is 17.7 Å². The second-order valence-electron chi connectivity index (χ2n) is 5.87. The summed E-state index contributed by atoms with van der Waals surface area (Å²) < 4.78 is 38.5. The molecule has 0 fully saturated rings. The number of nitrogens with one attached hydrogen (secondary N) is 1. The molecule has 0 aliphatic carbocycles. The van der Waals surface area contributed by atoms with Crippen molar-refractivity contribution in [1.29, 1.82) is 0 Å². The molecular formula is C19H21F3N2O. The first-order valence-electron chi connectivity index (χ1n) is 8.10. The first kappa shape index (κ1) is 18.8. The Morgan fingerprint density at radius 1 is 1.16 bits per heavy atom. The molecule has 134 valence electrons. The highest BCUT2D eigenvalue weighted by molar-refractivity contribution is 5.83. The van der Waals surface area contributed by atoms with Crippen molar-refractivity contribution < 1.29 is 18.0 Å². The van der Waals surface area contributed by atoms with E-state index in [1.54, 1.807) is 25.1 Å². The minimum atomic E-state index is -4.42. The molecule has 0 heterocycles. The van der Waals surface area contributed by atoms with Crippen LogP contribution in [-0.2, 0) is 17.4 Å². The molecule has 2 rings (SSSR count). The van der Waals surface area contributed by atoms with E-state index in [1.165, 1.54) is 6.07 Å². The Bertz CT molecular complexity index is 711. The molecule has 0 spiro atoms. The Hall–Kier alpha value is -2.50. The van der Waals surface area contributed by atoms with Gasteiger partial charge in [-0.2, -0.15) is 13.2 Å². The molecule has 0 saturated carbocycles. The van der Waals surface area contributed by atoms with Crippen LogP contribution in [0.4, 0.5) is 18.9 Å². The van der Waals surface area contributed by atoms with Crippen LogP contribution in [-0.4, -0.2) is 12.5 Å². The summed E-state index contributed by atoms with van der Waals surface area (Å²) in [7, 11) is 0. The molecule has 0 aliphatic rings. The molecule has 2 aromatic rings. The number of carbonyl (C=O) groups excluding carboxylic acids is 1. The lowest BCUT2D eigenvalue weighted by molar-refractivity contribution is -0.137. The van der Waals surface area contributed by atoms with Gasteiger partial charge in [-0.1, -0.05) is 37.3 Å². The van der Waals surface area contributed by atoms with E-state index in [4.69, 9.17) is 5.73 Å². The molecule has 1 amide bonds. The standard InChI is InChI=1S/C19H21F3N2O/c1-2-17(14-4-3-5-15(12-14)19(20,21)22)18(25)24-11-10-13-6-8-16(23)9-7-13/h3-9,12,17H,2,10-11,23H2,1H3,(H,24,25). The first-order chi connectivity index (χ1) is 11.8. The zero-order valence-corrected chi connectivity index (χ0v) is 13.9. The molecule has 0 bridgehead atoms. The molecule has 2 aromatic carbocycles. The van der Waals surface area contributed by atoms with Crippen LogP contribution in [0.15, 0.2) is 48.5 Å². The highest BCUT2D eigenvalue weighted by atomic mass is 19.4. The Balaban J connectivity index is 2.00. The topological polar surface area (TPSA) is 55.1 Å². The number of hydrogen-bond acceptors (Lipinski definition) is 2. The lowest BCUT2D eigenvalue weighted by Crippen LogP contribution is -2.31. The number of halogens is 3. The fraction of sp³-hybridized carbons (Fsp3) is 0.316. The third kappa shape index (κ3) is 5.24. The van der Waals surface area contributed by atoms with E-state index in [-0.39, 0.29) is 5.91 Å². The highest BCUT2D eigenvalue weighted by Gasteiger charge is 2.31. The maximum Gasteiger partial charge on any atom is 0.416 e. The summed E-state index contributed by atoms with van der Waals surface area (Å²) in [6.45, 7) is 2.20. The molecular weight excluding hydrogens is 329 g/mol. The molecule has 1 unspecified atom stereocenters. The van der Waals surface area contributed by atoms with Gasteiger partial charge < -0.3 is 11.1 Å². The predicted molar refractivity (Wildman–Crippen MR) is 92.0 cm³/mol. The Morgan fingerprint density at radius 2 is 1.84 bits per heavy atom. The molecule has 0 saturated heterocycles. The highest BCUT2D eigenvalue weighted by Crippen LogP contribution is 2.31. The average Bonchev–Trinajstić information content (AvgIpc) is 2.57. The molecule has 0 aliphatic heterocycles. The van der Waals surface area contributed by atoms with Crippen LogP contribution in [0.5, 0.6) is 0 Å². The van der Waals surface area contributed by atoms with Crippen molar-refractivity contribution >= 4 is 11.6 Å². The fourth-order valence-corrected chi connectivity index (χ4v) is 2.64. The maximum absolute atomic E-state index is 12.8. The van der Waals surface area contributed by atoms with Crippen LogP contribution < -0.4 is 11.1 Å². The monoisotopic (exact) mass is 350 g/mol. The largest absolute Gasteiger partial charge is 0.416 e. The van der Waals surface area contributed by atoms with Crippen molar-refractivity contribution in [3.05, 3.63) is 65.2 Å². The lowest BCUT2D eigenvalue weighted by Gasteiger charge is -2.17. The van der Waals surface area contributed by atoms with E-state index in [1.807, 2.05) is 12.1 Å². The molecule has 6 heteroatoms. The zero-order valence-electron chi connectivity index (χ0n) is 13.9. The van der Waals surface area contributed by atoms with Crippen LogP contribution in [0, 0.1) is 0 Å². The van der Waals surface area contributed by atoms with Crippen LogP contribution in [0.1, 0.15) is 36.0 Å². The van der Waals surface area contributed by atoms with Gasteiger partial charge in [0.15, 0.2) is 0 Å². The van der Waals surface area contributed by atoms with Gasteiger partial charge in [0.1, 0.15) is 0 Å². The summed E-state index contributed by atoms with van der Waals surface area (Å²) in [6.07, 6.45) is -3.36. The van der Waals surface area contributed by atoms with Gasteiger partial charge in [-0.15, -0.1) is 0 Å². The SMILES string of the molecule is CCC(C(=O)NCCc1ccc(N)cc1)c1cccc(C(F)(F)F)c1. The van der Waals surface area contributed by atoms with Crippen LogP contribution >= 0.6 is 0 Å². The summed E-state index contributed by atoms with van der Waals surface area (Å²) in [4.78, 5) is 12.4. The van der Waals surface area contributed by atoms with Gasteiger partial charge in [-0.3, -0.25) is 4.79 Å². The van der Waals surface area contributed by atoms with Crippen molar-refractivity contribution in [1.82, 2.24) is 5.32 Å². The second-order valence-corrected chi connectivity index (χ2v) is 5.87. The fourth-order valence-electron chi connectivity index (χ4n) is 2.64. The van der Waals surface area contributed by atoms with E-state index >= 15 is 0 Å². The number of carbonyl (C=O) groups is 1. The lowest BCUT2D eigenvalue weighted by atomic mass is 9.94. The van der Waals surface area contributed by atoms with Crippen molar-refractivity contribution in [3.63, 3.8) is 0 Å². The number of anilines is 1. The summed E-state index contributed by atoms with van der Waals surface area (Å²) in [5.74, 6) is -0.869. The molecule has 1 atom stereocenters. The van der Waals surface area contributed by atoms with Gasteiger partial charge in [0, 0.05) is 12.2 Å². The van der Waals surface area contributed by atoms with Gasteiger partial charge in [-0.25, -0.2) is 0 Å². The minimum absolute atomic E-state index is 0.266. The second kappa shape index (κ2) is 8.05. The Kier molecular flexibility index (Phi) is 6.07. The Morgan fingerprint density at radius 3 is 2.44 bits per heavy atom. The van der Waals surface area contributed by atoms with E-state index in [0.29, 0.717) is 30.6 Å². The number of nitrogens with two attached hydrogens (primary N) is 1. The first-order valence-corrected chi connectivity index (χ1v) is 8.10. The number of nitrogen functional groups attached to an aromatic ring is 1. The summed E-state index contributed by atoms with van der Waals surface area (Å²) >= 11 is 0. The summed E-state index contributed by atoms with van der Waals surface area (Å²) in [5.41, 5.74) is 6.96. The van der Waals surface area contributed by atoms with Gasteiger partial charge in [-0.05, 0) is 42.2 Å². The number of amides is 1. The summed E-state index contributed by atoms with van der Waals surface area (Å²) in [6, 6.07) is 12.3. The van der Waals surface area contributed by atoms with E-state index in [2.05, 4.69) is 5.32 Å². The van der Waals surface area contributed by atoms with Crippen molar-refractivity contribution in [2.24, 2.45) is 0 Å².